The maximum Gasteiger partial charge on any atom is 0.494 e. The summed E-state index contributed by atoms with van der Waals surface area (Å²) in [6.07, 6.45) is 0. The van der Waals surface area contributed by atoms with E-state index < -0.39 is 36.6 Å². The molecule has 0 N–H and O–H groups in total. The molecule has 0 aromatic heterocycles. The highest BCUT2D eigenvalue weighted by atomic mass is 35.5. The minimum atomic E-state index is -0.411. The first-order valence-corrected chi connectivity index (χ1v) is 33.7. The van der Waals surface area contributed by atoms with Gasteiger partial charge in [0.25, 0.3) is 0 Å². The minimum Gasteiger partial charge on any atom is -1.00 e. The van der Waals surface area contributed by atoms with Crippen LogP contribution in [0.15, 0.2) is 231 Å². The van der Waals surface area contributed by atoms with Crippen molar-refractivity contribution >= 4 is 80.8 Å². The molecule has 0 unspecified atom stereocenters. The second-order valence-corrected chi connectivity index (χ2v) is 27.5. The molecule has 94 heavy (non-hydrogen) atoms. The third-order valence-electron chi connectivity index (χ3n) is 21.2. The van der Waals surface area contributed by atoms with E-state index in [4.69, 9.17) is 18.6 Å². The van der Waals surface area contributed by atoms with Crippen LogP contribution in [0.2, 0.25) is 0 Å². The number of nitrogens with zero attached hydrogens (tertiary/aromatic N) is 4. The molecule has 0 spiro atoms. The van der Waals surface area contributed by atoms with Crippen molar-refractivity contribution in [3.63, 3.8) is 0 Å². The summed E-state index contributed by atoms with van der Waals surface area (Å²) < 4.78 is 27.7. The van der Waals surface area contributed by atoms with Crippen molar-refractivity contribution in [2.24, 2.45) is 0 Å². The summed E-state index contributed by atoms with van der Waals surface area (Å²) in [6, 6.07) is 83.8. The van der Waals surface area contributed by atoms with E-state index in [1.807, 2.05) is 0 Å². The van der Waals surface area contributed by atoms with Crippen LogP contribution in [0.5, 0.6) is 0 Å². The van der Waals surface area contributed by atoms with Crippen LogP contribution in [0, 0.1) is 0 Å². The molecule has 0 aliphatic carbocycles. The Morgan fingerprint density at radius 1 is 0.298 bits per heavy atom. The van der Waals surface area contributed by atoms with E-state index in [0.717, 1.165) is 106 Å². The highest BCUT2D eigenvalue weighted by Crippen LogP contribution is 2.42. The number of hydrogen-bond donors (Lipinski definition) is 0. The summed E-state index contributed by atoms with van der Waals surface area (Å²) in [5.41, 5.74) is 14.7. The van der Waals surface area contributed by atoms with Crippen LogP contribution in [0.1, 0.15) is 115 Å². The lowest BCUT2D eigenvalue weighted by Crippen LogP contribution is -3.00. The number of anilines is 6. The van der Waals surface area contributed by atoms with Gasteiger partial charge in [-0.25, -0.2) is 0 Å². The number of rotatable bonds is 20. The second kappa shape index (κ2) is 29.2. The lowest BCUT2D eigenvalue weighted by Gasteiger charge is -2.36. The SMILES string of the molecule is C.CC[N+](CC)(CC)Cc1ccc2cc(N(c3ccc(-c4ccccc4)cc3)c3ccc(-c4ccccc4)cc3)ccc2c1.CC[N+](CC)(CC)Cc1ccc2ccc(N(c3ccc(B4OC(C)(C)C(C)(C)O4)cc3)c3ccc(B4OC(C)(C)C(C)(C)O4)cc3)cc2c1.[Cl-]. The number of benzene rings is 10. The molecule has 12 rings (SSSR count). The topological polar surface area (TPSA) is 43.4 Å². The highest BCUT2D eigenvalue weighted by molar-refractivity contribution is 6.62. The maximum absolute atomic E-state index is 6.37. The summed E-state index contributed by atoms with van der Waals surface area (Å²) in [5, 5.41) is 5.03. The fourth-order valence-corrected chi connectivity index (χ4v) is 13.1. The molecule has 2 saturated heterocycles. The van der Waals surface area contributed by atoms with E-state index in [2.05, 4.69) is 337 Å². The van der Waals surface area contributed by atoms with Gasteiger partial charge in [0, 0.05) is 45.3 Å². The van der Waals surface area contributed by atoms with Gasteiger partial charge in [-0.3, -0.25) is 0 Å². The number of halogens is 1. The molecular formula is C83H100B2ClN4O4+. The van der Waals surface area contributed by atoms with Crippen molar-refractivity contribution in [3.8, 4) is 22.3 Å². The third kappa shape index (κ3) is 15.0. The smallest absolute Gasteiger partial charge is 0.494 e. The Bertz CT molecular complexity index is 3890. The molecule has 2 aliphatic heterocycles. The van der Waals surface area contributed by atoms with Crippen molar-refractivity contribution in [2.45, 2.75) is 140 Å². The van der Waals surface area contributed by atoms with E-state index in [1.165, 1.54) is 54.9 Å². The van der Waals surface area contributed by atoms with Crippen LogP contribution in [-0.4, -0.2) is 84.9 Å². The predicted octanol–water partition coefficient (Wildman–Crippen LogP) is 16.9. The van der Waals surface area contributed by atoms with Crippen LogP contribution in [0.3, 0.4) is 0 Å². The Balaban J connectivity index is 0.000000218. The van der Waals surface area contributed by atoms with Crippen molar-refractivity contribution < 1.29 is 40.0 Å². The molecule has 0 bridgehead atoms. The molecule has 2 fully saturated rings. The van der Waals surface area contributed by atoms with E-state index in [0.29, 0.717) is 0 Å². The standard InChI is InChI=1S/C41H55B2N2O4.C41H41N2.CH4.ClH/c1-12-45(13-2,14-3)29-30-15-16-31-17-22-37(28-32(31)27-30)44(35-23-18-33(19-24-35)42-46-38(4,5)39(6,7)47-42)36-25-20-34(21-26-36)43-48-40(8,9)41(10,11)49-43;1-4-43(5-2,6-3)31-32-17-18-38-30-41(28-23-37(38)29-32)42(39-24-19-35(20-25-39)33-13-9-7-10-14-33)40-26-21-36(22-27-40)34-15-11-8-12-16-34;;/h15-28H,12-14,29H2,1-11H3;7-30H,4-6,31H2,1-3H3;1H4;1H/q2*+1;;/p-1. The second-order valence-electron chi connectivity index (χ2n) is 27.5. The van der Waals surface area contributed by atoms with E-state index in [9.17, 15) is 0 Å². The molecule has 488 valence electrons. The van der Waals surface area contributed by atoms with Gasteiger partial charge in [0.1, 0.15) is 13.1 Å². The first-order valence-electron chi connectivity index (χ1n) is 33.7. The first kappa shape index (κ1) is 70.8. The van der Waals surface area contributed by atoms with E-state index in [-0.39, 0.29) is 19.8 Å². The molecule has 2 heterocycles. The zero-order valence-corrected chi connectivity index (χ0v) is 58.3. The average molecular weight is 1270 g/mol. The summed E-state index contributed by atoms with van der Waals surface area (Å²) in [4.78, 5) is 4.68. The van der Waals surface area contributed by atoms with Gasteiger partial charge >= 0.3 is 14.2 Å². The normalized spacial score (nSPS) is 15.4. The summed E-state index contributed by atoms with van der Waals surface area (Å²) in [5.74, 6) is 0. The van der Waals surface area contributed by atoms with Crippen molar-refractivity contribution in [1.82, 2.24) is 0 Å². The van der Waals surface area contributed by atoms with Gasteiger partial charge in [-0.1, -0.05) is 153 Å². The summed E-state index contributed by atoms with van der Waals surface area (Å²) >= 11 is 0. The highest BCUT2D eigenvalue weighted by Gasteiger charge is 2.53. The Kier molecular flexibility index (Phi) is 22.0. The van der Waals surface area contributed by atoms with Gasteiger partial charge in [-0.15, -0.1) is 0 Å². The lowest BCUT2D eigenvalue weighted by atomic mass is 9.79. The van der Waals surface area contributed by atoms with Gasteiger partial charge in [0.05, 0.1) is 61.7 Å². The van der Waals surface area contributed by atoms with Crippen LogP contribution in [0.4, 0.5) is 34.1 Å². The molecule has 11 heteroatoms. The molecule has 0 radical (unpaired) electrons. The summed E-state index contributed by atoms with van der Waals surface area (Å²) in [6.45, 7) is 39.6. The fraction of sp³-hybridized carbons (Fsp3) is 0.325. The quantitative estimate of drug-likeness (QED) is 0.0560. The zero-order valence-electron chi connectivity index (χ0n) is 57.6. The van der Waals surface area contributed by atoms with Gasteiger partial charge in [0.2, 0.25) is 0 Å². The Morgan fingerprint density at radius 3 is 0.915 bits per heavy atom. The largest absolute Gasteiger partial charge is 1.00 e. The maximum atomic E-state index is 6.37. The first-order chi connectivity index (χ1) is 44.1. The summed E-state index contributed by atoms with van der Waals surface area (Å²) in [7, 11) is -0.823. The van der Waals surface area contributed by atoms with Crippen molar-refractivity contribution in [3.05, 3.63) is 242 Å². The Labute approximate surface area is 570 Å². The van der Waals surface area contributed by atoms with Crippen LogP contribution < -0.4 is 33.1 Å². The molecule has 0 saturated carbocycles. The fourth-order valence-electron chi connectivity index (χ4n) is 13.1. The van der Waals surface area contributed by atoms with Crippen LogP contribution in [-0.2, 0) is 31.7 Å². The molecule has 2 aliphatic rings. The number of fused-ring (bicyclic) bond motifs is 2. The molecule has 8 nitrogen and oxygen atoms in total. The Morgan fingerprint density at radius 2 is 0.564 bits per heavy atom. The zero-order chi connectivity index (χ0) is 65.1. The molecule has 0 atom stereocenters. The predicted molar refractivity (Wildman–Crippen MR) is 397 cm³/mol. The third-order valence-corrected chi connectivity index (χ3v) is 21.2. The minimum absolute atomic E-state index is 0. The lowest BCUT2D eigenvalue weighted by molar-refractivity contribution is -0.936. The molecule has 10 aromatic carbocycles. The number of quaternary nitrogens is 2. The van der Waals surface area contributed by atoms with Crippen LogP contribution >= 0.6 is 0 Å². The van der Waals surface area contributed by atoms with Crippen LogP contribution in [0.25, 0.3) is 43.8 Å². The van der Waals surface area contributed by atoms with Gasteiger partial charge in [-0.2, -0.15) is 0 Å². The number of hydrogen-bond acceptors (Lipinski definition) is 6. The molecule has 10 aromatic rings. The van der Waals surface area contributed by atoms with Gasteiger partial charge < -0.3 is 49.8 Å². The average Bonchev–Trinajstić information content (AvgIpc) is 1.52. The molecule has 0 amide bonds. The van der Waals surface area contributed by atoms with E-state index >= 15 is 0 Å². The Hall–Kier alpha value is -7.50. The monoisotopic (exact) mass is 1270 g/mol. The van der Waals surface area contributed by atoms with Crippen molar-refractivity contribution in [2.75, 3.05) is 49.1 Å². The van der Waals surface area contributed by atoms with Gasteiger partial charge in [-0.05, 0) is 237 Å². The van der Waals surface area contributed by atoms with Gasteiger partial charge in [0.15, 0.2) is 0 Å². The molecular weight excluding hydrogens is 1170 g/mol. The van der Waals surface area contributed by atoms with Crippen molar-refractivity contribution in [1.29, 1.82) is 0 Å². The van der Waals surface area contributed by atoms with E-state index in [1.54, 1.807) is 0 Å².